The molecule has 1 heterocycles. The van der Waals surface area contributed by atoms with Gasteiger partial charge in [0.1, 0.15) is 12.2 Å². The van der Waals surface area contributed by atoms with Crippen molar-refractivity contribution >= 4 is 15.9 Å². The molecule has 0 aliphatic carbocycles. The van der Waals surface area contributed by atoms with Gasteiger partial charge in [0.05, 0.1) is 11.5 Å². The predicted molar refractivity (Wildman–Crippen MR) is 90.4 cm³/mol. The highest BCUT2D eigenvalue weighted by Crippen LogP contribution is 2.12. The Balaban J connectivity index is 2.02. The predicted octanol–water partition coefficient (Wildman–Crippen LogP) is -0.553. The van der Waals surface area contributed by atoms with E-state index < -0.39 is 16.1 Å². The van der Waals surface area contributed by atoms with Crippen molar-refractivity contribution in [3.05, 3.63) is 42.0 Å². The van der Waals surface area contributed by atoms with E-state index in [4.69, 9.17) is 5.11 Å². The van der Waals surface area contributed by atoms with E-state index in [2.05, 4.69) is 20.1 Å². The van der Waals surface area contributed by atoms with Crippen molar-refractivity contribution in [2.24, 2.45) is 7.05 Å². The second-order valence-electron chi connectivity index (χ2n) is 5.54. The number of nitrogens with zero attached hydrogens (tertiary/aromatic N) is 3. The van der Waals surface area contributed by atoms with Gasteiger partial charge in [0.25, 0.3) is 5.91 Å². The molecule has 0 bridgehead atoms. The van der Waals surface area contributed by atoms with Crippen LogP contribution in [0.1, 0.15) is 23.1 Å². The summed E-state index contributed by atoms with van der Waals surface area (Å²) in [5.74, 6) is 0.355. The lowest BCUT2D eigenvalue weighted by molar-refractivity contribution is 0.0953. The molecule has 3 N–H and O–H groups in total. The third-order valence-electron chi connectivity index (χ3n) is 3.48. The molecule has 0 aliphatic rings. The Morgan fingerprint density at radius 1 is 1.40 bits per heavy atom. The van der Waals surface area contributed by atoms with Crippen molar-refractivity contribution < 1.29 is 18.3 Å². The molecule has 1 aromatic heterocycles. The number of aryl methyl sites for hydroxylation is 1. The Morgan fingerprint density at radius 3 is 2.80 bits per heavy atom. The van der Waals surface area contributed by atoms with Gasteiger partial charge in [0.15, 0.2) is 0 Å². The minimum Gasteiger partial charge on any atom is -0.395 e. The molecular weight excluding hydrogens is 346 g/mol. The van der Waals surface area contributed by atoms with Gasteiger partial charge in [-0.3, -0.25) is 9.48 Å². The van der Waals surface area contributed by atoms with Crippen molar-refractivity contribution in [1.29, 1.82) is 0 Å². The van der Waals surface area contributed by atoms with Gasteiger partial charge < -0.3 is 10.4 Å². The van der Waals surface area contributed by atoms with Crippen LogP contribution in [-0.4, -0.2) is 53.4 Å². The molecule has 1 atom stereocenters. The summed E-state index contributed by atoms with van der Waals surface area (Å²) in [6.07, 6.45) is 1.95. The number of hydrogen-bond donors (Lipinski definition) is 3. The van der Waals surface area contributed by atoms with E-state index in [0.717, 1.165) is 5.82 Å². The average molecular weight is 367 g/mol. The van der Waals surface area contributed by atoms with Crippen LogP contribution in [0.4, 0.5) is 0 Å². The second-order valence-corrected chi connectivity index (χ2v) is 7.25. The Bertz CT molecular complexity index is 834. The van der Waals surface area contributed by atoms with E-state index >= 15 is 0 Å². The van der Waals surface area contributed by atoms with Crippen molar-refractivity contribution in [2.75, 3.05) is 13.2 Å². The topological polar surface area (TPSA) is 126 Å². The fraction of sp³-hybridized carbons (Fsp3) is 0.400. The lowest BCUT2D eigenvalue weighted by atomic mass is 10.2. The Labute approximate surface area is 146 Å². The van der Waals surface area contributed by atoms with Crippen LogP contribution in [0.5, 0.6) is 0 Å². The van der Waals surface area contributed by atoms with Gasteiger partial charge in [-0.15, -0.1) is 0 Å². The third-order valence-corrected chi connectivity index (χ3v) is 5.06. The molecule has 1 unspecified atom stereocenters. The zero-order valence-electron chi connectivity index (χ0n) is 14.0. The average Bonchev–Trinajstić information content (AvgIpc) is 2.99. The Kier molecular flexibility index (Phi) is 6.23. The van der Waals surface area contributed by atoms with Gasteiger partial charge in [-0.05, 0) is 25.1 Å². The number of aliphatic hydroxyl groups excluding tert-OH is 1. The Morgan fingerprint density at radius 2 is 2.16 bits per heavy atom. The lowest BCUT2D eigenvalue weighted by Crippen LogP contribution is -2.35. The molecule has 10 heteroatoms. The van der Waals surface area contributed by atoms with Crippen molar-refractivity contribution in [3.63, 3.8) is 0 Å². The summed E-state index contributed by atoms with van der Waals surface area (Å²) in [6, 6.07) is 5.10. The Hall–Kier alpha value is -2.30. The molecule has 0 radical (unpaired) electrons. The summed E-state index contributed by atoms with van der Waals surface area (Å²) >= 11 is 0. The highest BCUT2D eigenvalue weighted by atomic mass is 32.2. The van der Waals surface area contributed by atoms with E-state index in [0.29, 0.717) is 13.0 Å². The van der Waals surface area contributed by atoms with E-state index in [1.165, 1.54) is 30.6 Å². The molecule has 136 valence electrons. The smallest absolute Gasteiger partial charge is 0.251 e. The number of hydrogen-bond acceptors (Lipinski definition) is 6. The number of amides is 1. The van der Waals surface area contributed by atoms with Crippen molar-refractivity contribution in [2.45, 2.75) is 24.3 Å². The summed E-state index contributed by atoms with van der Waals surface area (Å²) in [7, 11) is -2.04. The number of nitrogens with one attached hydrogen (secondary N) is 2. The van der Waals surface area contributed by atoms with Crippen LogP contribution in [0.25, 0.3) is 0 Å². The van der Waals surface area contributed by atoms with Crippen LogP contribution < -0.4 is 10.0 Å². The van der Waals surface area contributed by atoms with E-state index in [1.54, 1.807) is 18.7 Å². The molecular formula is C15H21N5O4S. The SMILES string of the molecule is CC(CO)NS(=O)(=O)c1cccc(C(=O)NCCc2ncnn2C)c1. The van der Waals surface area contributed by atoms with Gasteiger partial charge in [0.2, 0.25) is 10.0 Å². The normalized spacial score (nSPS) is 12.8. The van der Waals surface area contributed by atoms with Crippen LogP contribution in [0.2, 0.25) is 0 Å². The van der Waals surface area contributed by atoms with E-state index in [-0.39, 0.29) is 23.0 Å². The molecule has 0 fully saturated rings. The second kappa shape index (κ2) is 8.19. The summed E-state index contributed by atoms with van der Waals surface area (Å²) in [4.78, 5) is 16.2. The largest absolute Gasteiger partial charge is 0.395 e. The molecule has 25 heavy (non-hydrogen) atoms. The standard InChI is InChI=1S/C15H21N5O4S/c1-11(9-21)19-25(23,24)13-5-3-4-12(8-13)15(22)16-7-6-14-17-10-18-20(14)2/h3-5,8,10-11,19,21H,6-7,9H2,1-2H3,(H,16,22). The molecule has 9 nitrogen and oxygen atoms in total. The van der Waals surface area contributed by atoms with Gasteiger partial charge in [-0.25, -0.2) is 18.1 Å². The van der Waals surface area contributed by atoms with E-state index in [9.17, 15) is 13.2 Å². The van der Waals surface area contributed by atoms with Crippen LogP contribution in [0.3, 0.4) is 0 Å². The first kappa shape index (κ1) is 19.0. The monoisotopic (exact) mass is 367 g/mol. The maximum Gasteiger partial charge on any atom is 0.251 e. The maximum atomic E-state index is 12.2. The fourth-order valence-electron chi connectivity index (χ4n) is 2.11. The first-order valence-electron chi connectivity index (χ1n) is 7.68. The van der Waals surface area contributed by atoms with Crippen LogP contribution in [0, 0.1) is 0 Å². The molecule has 0 aliphatic heterocycles. The third kappa shape index (κ3) is 5.08. The number of carbonyl (C=O) groups is 1. The maximum absolute atomic E-state index is 12.2. The summed E-state index contributed by atoms with van der Waals surface area (Å²) in [5.41, 5.74) is 0.234. The number of sulfonamides is 1. The molecule has 1 aromatic carbocycles. The molecule has 0 spiro atoms. The highest BCUT2D eigenvalue weighted by molar-refractivity contribution is 7.89. The van der Waals surface area contributed by atoms with Gasteiger partial charge in [0, 0.05) is 31.6 Å². The zero-order valence-corrected chi connectivity index (χ0v) is 14.8. The van der Waals surface area contributed by atoms with Crippen LogP contribution in [-0.2, 0) is 23.5 Å². The quantitative estimate of drug-likeness (QED) is 0.574. The number of aromatic nitrogens is 3. The molecule has 0 saturated carbocycles. The molecule has 2 aromatic rings. The highest BCUT2D eigenvalue weighted by Gasteiger charge is 2.18. The first-order chi connectivity index (χ1) is 11.8. The molecule has 0 saturated heterocycles. The minimum absolute atomic E-state index is 0.0336. The molecule has 1 amide bonds. The number of benzene rings is 1. The number of aliphatic hydroxyl groups is 1. The number of rotatable bonds is 8. The molecule has 2 rings (SSSR count). The van der Waals surface area contributed by atoms with E-state index in [1.807, 2.05) is 0 Å². The zero-order chi connectivity index (χ0) is 18.4. The summed E-state index contributed by atoms with van der Waals surface area (Å²) in [6.45, 7) is 1.57. The lowest BCUT2D eigenvalue weighted by Gasteiger charge is -2.12. The number of carbonyl (C=O) groups excluding carboxylic acids is 1. The fourth-order valence-corrected chi connectivity index (χ4v) is 3.39. The van der Waals surface area contributed by atoms with Gasteiger partial charge in [-0.1, -0.05) is 6.07 Å². The van der Waals surface area contributed by atoms with Gasteiger partial charge in [-0.2, -0.15) is 5.10 Å². The summed E-state index contributed by atoms with van der Waals surface area (Å²) < 4.78 is 28.4. The van der Waals surface area contributed by atoms with Crippen molar-refractivity contribution in [1.82, 2.24) is 24.8 Å². The first-order valence-corrected chi connectivity index (χ1v) is 9.16. The van der Waals surface area contributed by atoms with Crippen molar-refractivity contribution in [3.8, 4) is 0 Å². The summed E-state index contributed by atoms with van der Waals surface area (Å²) in [5, 5.41) is 15.6. The van der Waals surface area contributed by atoms with Gasteiger partial charge >= 0.3 is 0 Å². The van der Waals surface area contributed by atoms with Crippen LogP contribution in [0.15, 0.2) is 35.5 Å². The minimum atomic E-state index is -3.80. The van der Waals surface area contributed by atoms with Crippen LogP contribution >= 0.6 is 0 Å².